The minimum absolute atomic E-state index is 0.0129. The van der Waals surface area contributed by atoms with Gasteiger partial charge in [0.25, 0.3) is 0 Å². The highest BCUT2D eigenvalue weighted by Crippen LogP contribution is 2.09. The second kappa shape index (κ2) is 5.57. The zero-order valence-electron chi connectivity index (χ0n) is 9.88. The van der Waals surface area contributed by atoms with E-state index in [9.17, 15) is 8.42 Å². The average Bonchev–Trinajstić information content (AvgIpc) is 2.15. The van der Waals surface area contributed by atoms with Gasteiger partial charge in [0.15, 0.2) is 0 Å². The number of thiocarbonyl (C=S) groups is 1. The second-order valence-corrected chi connectivity index (χ2v) is 6.57. The van der Waals surface area contributed by atoms with Gasteiger partial charge < -0.3 is 5.73 Å². The Balaban J connectivity index is 2.79. The molecule has 0 fully saturated rings. The van der Waals surface area contributed by atoms with E-state index in [0.717, 1.165) is 11.1 Å². The minimum atomic E-state index is -3.40. The van der Waals surface area contributed by atoms with Gasteiger partial charge in [-0.1, -0.05) is 42.0 Å². The summed E-state index contributed by atoms with van der Waals surface area (Å²) in [7, 11) is -1.88. The van der Waals surface area contributed by atoms with Crippen LogP contribution in [0.15, 0.2) is 24.3 Å². The fourth-order valence-electron chi connectivity index (χ4n) is 1.46. The van der Waals surface area contributed by atoms with Crippen molar-refractivity contribution in [3.63, 3.8) is 0 Å². The molecular formula is C11H16N2O2S2. The van der Waals surface area contributed by atoms with Crippen molar-refractivity contribution in [2.45, 2.75) is 13.5 Å². The Hall–Kier alpha value is -0.980. The molecule has 17 heavy (non-hydrogen) atoms. The Kier molecular flexibility index (Phi) is 4.62. The molecule has 1 rings (SSSR count). The van der Waals surface area contributed by atoms with E-state index in [4.69, 9.17) is 5.73 Å². The lowest BCUT2D eigenvalue weighted by Gasteiger charge is -2.17. The zero-order chi connectivity index (χ0) is 13.1. The van der Waals surface area contributed by atoms with Crippen molar-refractivity contribution in [2.24, 2.45) is 5.73 Å². The van der Waals surface area contributed by atoms with Crippen LogP contribution in [0.2, 0.25) is 0 Å². The van der Waals surface area contributed by atoms with Crippen molar-refractivity contribution >= 4 is 27.2 Å². The highest BCUT2D eigenvalue weighted by Gasteiger charge is 2.18. The Morgan fingerprint density at radius 2 is 2.12 bits per heavy atom. The molecule has 0 radical (unpaired) electrons. The molecular weight excluding hydrogens is 256 g/mol. The fourth-order valence-corrected chi connectivity index (χ4v) is 2.83. The Labute approximate surface area is 107 Å². The summed E-state index contributed by atoms with van der Waals surface area (Å²) in [6.45, 7) is 2.29. The van der Waals surface area contributed by atoms with Crippen molar-refractivity contribution in [1.82, 2.24) is 4.31 Å². The van der Waals surface area contributed by atoms with Gasteiger partial charge in [0.2, 0.25) is 10.0 Å². The average molecular weight is 272 g/mol. The Morgan fingerprint density at radius 3 is 2.65 bits per heavy atom. The van der Waals surface area contributed by atoms with Gasteiger partial charge in [-0.2, -0.15) is 0 Å². The fraction of sp³-hybridized carbons (Fsp3) is 0.364. The smallest absolute Gasteiger partial charge is 0.220 e. The topological polar surface area (TPSA) is 63.4 Å². The summed E-state index contributed by atoms with van der Waals surface area (Å²) in [6.07, 6.45) is 0. The third kappa shape index (κ3) is 4.41. The van der Waals surface area contributed by atoms with Crippen molar-refractivity contribution in [1.29, 1.82) is 0 Å². The van der Waals surface area contributed by atoms with Crippen molar-refractivity contribution in [2.75, 3.05) is 12.8 Å². The molecule has 0 aromatic heterocycles. The summed E-state index contributed by atoms with van der Waals surface area (Å²) >= 11 is 4.62. The lowest BCUT2D eigenvalue weighted by molar-refractivity contribution is 0.470. The molecule has 0 amide bonds. The van der Waals surface area contributed by atoms with E-state index in [-0.39, 0.29) is 10.7 Å². The largest absolute Gasteiger partial charge is 0.392 e. The first-order chi connectivity index (χ1) is 7.81. The molecule has 0 saturated carbocycles. The van der Waals surface area contributed by atoms with Gasteiger partial charge in [-0.15, -0.1) is 0 Å². The van der Waals surface area contributed by atoms with Crippen LogP contribution in [0, 0.1) is 6.92 Å². The van der Waals surface area contributed by atoms with Crippen LogP contribution >= 0.6 is 12.2 Å². The summed E-state index contributed by atoms with van der Waals surface area (Å²) in [6, 6.07) is 7.71. The minimum Gasteiger partial charge on any atom is -0.392 e. The maximum atomic E-state index is 11.8. The van der Waals surface area contributed by atoms with Crippen LogP contribution in [-0.2, 0) is 16.6 Å². The lowest BCUT2D eigenvalue weighted by atomic mass is 10.1. The van der Waals surface area contributed by atoms with Crippen molar-refractivity contribution in [3.05, 3.63) is 35.4 Å². The molecule has 0 bridgehead atoms. The molecule has 94 valence electrons. The lowest BCUT2D eigenvalue weighted by Crippen LogP contribution is -2.33. The molecule has 0 saturated heterocycles. The Bertz CT molecular complexity index is 512. The van der Waals surface area contributed by atoms with E-state index in [2.05, 4.69) is 12.2 Å². The number of rotatable bonds is 5. The molecule has 2 N–H and O–H groups in total. The van der Waals surface area contributed by atoms with E-state index in [1.165, 1.54) is 11.4 Å². The quantitative estimate of drug-likeness (QED) is 0.814. The standard InChI is InChI=1S/C11H16N2O2S2/c1-9-4-3-5-10(6-9)7-13(2)17(14,15)8-11(12)16/h3-6H,7-8H2,1-2H3,(H2,12,16). The monoisotopic (exact) mass is 272 g/mol. The molecule has 0 spiro atoms. The number of benzene rings is 1. The summed E-state index contributed by atoms with van der Waals surface area (Å²) in [5, 5.41) is 0. The molecule has 0 atom stereocenters. The number of hydrogen-bond donors (Lipinski definition) is 1. The van der Waals surface area contributed by atoms with Gasteiger partial charge in [-0.25, -0.2) is 12.7 Å². The molecule has 1 aromatic carbocycles. The highest BCUT2D eigenvalue weighted by atomic mass is 32.2. The summed E-state index contributed by atoms with van der Waals surface area (Å²) < 4.78 is 24.8. The predicted molar refractivity (Wildman–Crippen MR) is 73.2 cm³/mol. The van der Waals surface area contributed by atoms with Crippen molar-refractivity contribution in [3.8, 4) is 0 Å². The Morgan fingerprint density at radius 1 is 1.47 bits per heavy atom. The van der Waals surface area contributed by atoms with Crippen LogP contribution < -0.4 is 5.73 Å². The van der Waals surface area contributed by atoms with Gasteiger partial charge >= 0.3 is 0 Å². The summed E-state index contributed by atoms with van der Waals surface area (Å²) in [5.41, 5.74) is 7.30. The third-order valence-electron chi connectivity index (χ3n) is 2.29. The maximum absolute atomic E-state index is 11.8. The molecule has 0 aliphatic heterocycles. The van der Waals surface area contributed by atoms with Gasteiger partial charge in [-0.05, 0) is 12.5 Å². The number of nitrogens with zero attached hydrogens (tertiary/aromatic N) is 1. The molecule has 0 aliphatic rings. The summed E-state index contributed by atoms with van der Waals surface area (Å²) in [5.74, 6) is -0.287. The van der Waals surface area contributed by atoms with Crippen LogP contribution in [0.25, 0.3) is 0 Å². The van der Waals surface area contributed by atoms with Crippen molar-refractivity contribution < 1.29 is 8.42 Å². The number of sulfonamides is 1. The van der Waals surface area contributed by atoms with E-state index < -0.39 is 10.0 Å². The van der Waals surface area contributed by atoms with Crippen LogP contribution in [0.3, 0.4) is 0 Å². The van der Waals surface area contributed by atoms with Gasteiger partial charge in [0.1, 0.15) is 5.75 Å². The molecule has 4 nitrogen and oxygen atoms in total. The first-order valence-electron chi connectivity index (χ1n) is 5.09. The van der Waals surface area contributed by atoms with E-state index >= 15 is 0 Å². The first kappa shape index (κ1) is 14.1. The van der Waals surface area contributed by atoms with E-state index in [1.54, 1.807) is 0 Å². The normalized spacial score (nSPS) is 11.7. The predicted octanol–water partition coefficient (Wildman–Crippen LogP) is 1.04. The van der Waals surface area contributed by atoms with Gasteiger partial charge in [0, 0.05) is 13.6 Å². The van der Waals surface area contributed by atoms with Crippen LogP contribution in [0.4, 0.5) is 0 Å². The molecule has 1 aromatic rings. The SMILES string of the molecule is Cc1cccc(CN(C)S(=O)(=O)CC(N)=S)c1. The van der Waals surface area contributed by atoms with Gasteiger partial charge in [-0.3, -0.25) is 0 Å². The molecule has 0 aliphatic carbocycles. The van der Waals surface area contributed by atoms with Crippen LogP contribution in [-0.4, -0.2) is 30.5 Å². The number of nitrogens with two attached hydrogens (primary N) is 1. The molecule has 0 unspecified atom stereocenters. The second-order valence-electron chi connectivity index (χ2n) is 3.97. The van der Waals surface area contributed by atoms with Crippen LogP contribution in [0.1, 0.15) is 11.1 Å². The van der Waals surface area contributed by atoms with E-state index in [1.807, 2.05) is 31.2 Å². The molecule has 0 heterocycles. The first-order valence-corrected chi connectivity index (χ1v) is 7.11. The van der Waals surface area contributed by atoms with Crippen LogP contribution in [0.5, 0.6) is 0 Å². The highest BCUT2D eigenvalue weighted by molar-refractivity contribution is 7.92. The van der Waals surface area contributed by atoms with E-state index in [0.29, 0.717) is 6.54 Å². The summed E-state index contributed by atoms with van der Waals surface area (Å²) in [4.78, 5) is -0.0129. The van der Waals surface area contributed by atoms with Gasteiger partial charge in [0.05, 0.1) is 4.99 Å². The zero-order valence-corrected chi connectivity index (χ0v) is 11.5. The number of hydrogen-bond acceptors (Lipinski definition) is 3. The molecule has 6 heteroatoms. The maximum Gasteiger partial charge on any atom is 0.220 e. The number of aryl methyl sites for hydroxylation is 1. The third-order valence-corrected chi connectivity index (χ3v) is 4.37.